The molecule has 0 aromatic heterocycles. The minimum absolute atomic E-state index is 0.0162. The van der Waals surface area contributed by atoms with Crippen molar-refractivity contribution < 1.29 is 23.1 Å². The van der Waals surface area contributed by atoms with Crippen molar-refractivity contribution in [2.45, 2.75) is 11.8 Å². The monoisotopic (exact) mass is 316 g/mol. The molecule has 1 amide bonds. The summed E-state index contributed by atoms with van der Waals surface area (Å²) in [5, 5.41) is 11.0. The van der Waals surface area contributed by atoms with Gasteiger partial charge in [0, 0.05) is 13.6 Å². The molecule has 1 aromatic carbocycles. The highest BCUT2D eigenvalue weighted by atomic mass is 32.2. The van der Waals surface area contributed by atoms with Crippen LogP contribution in [-0.4, -0.2) is 57.6 Å². The van der Waals surface area contributed by atoms with E-state index in [-0.39, 0.29) is 30.3 Å². The van der Waals surface area contributed by atoms with Crippen LogP contribution >= 0.6 is 0 Å². The molecule has 0 atom stereocenters. The highest BCUT2D eigenvalue weighted by Gasteiger charge is 2.26. The number of carbonyl (C=O) groups excluding carboxylic acids is 1. The zero-order valence-electron chi connectivity index (χ0n) is 12.3. The summed E-state index contributed by atoms with van der Waals surface area (Å²) in [6.07, 6.45) is 0. The third kappa shape index (κ3) is 4.42. The average molecular weight is 316 g/mol. The number of likely N-dealkylation sites (N-methyl/N-ethyl adjacent to an activating group) is 1. The molecular formula is C13H20N2O5S. The Kier molecular flexibility index (Phi) is 6.13. The Hall–Kier alpha value is -1.64. The smallest absolute Gasteiger partial charge is 0.246 e. The van der Waals surface area contributed by atoms with Gasteiger partial charge in [-0.25, -0.2) is 8.42 Å². The predicted octanol–water partition coefficient (Wildman–Crippen LogP) is -0.267. The summed E-state index contributed by atoms with van der Waals surface area (Å²) >= 11 is 0. The molecule has 0 fully saturated rings. The summed E-state index contributed by atoms with van der Waals surface area (Å²) in [7, 11) is -1.14. The fourth-order valence-corrected chi connectivity index (χ4v) is 3.06. The number of nitrogens with one attached hydrogen (secondary N) is 1. The number of aryl methyl sites for hydroxylation is 1. The Balaban J connectivity index is 3.00. The first kappa shape index (κ1) is 17.4. The number of nitrogens with zero attached hydrogens (tertiary/aromatic N) is 1. The van der Waals surface area contributed by atoms with Crippen LogP contribution in [0.4, 0.5) is 0 Å². The van der Waals surface area contributed by atoms with E-state index in [1.165, 1.54) is 20.2 Å². The largest absolute Gasteiger partial charge is 0.495 e. The fraction of sp³-hybridized carbons (Fsp3) is 0.462. The molecule has 8 heteroatoms. The molecule has 0 aliphatic rings. The quantitative estimate of drug-likeness (QED) is 0.722. The molecule has 0 unspecified atom stereocenters. The molecule has 0 aliphatic heterocycles. The molecule has 0 heterocycles. The lowest BCUT2D eigenvalue weighted by molar-refractivity contribution is -0.121. The average Bonchev–Trinajstić information content (AvgIpc) is 2.44. The molecule has 0 aliphatic carbocycles. The third-order valence-electron chi connectivity index (χ3n) is 2.81. The first-order valence-corrected chi connectivity index (χ1v) is 7.75. The van der Waals surface area contributed by atoms with Crippen LogP contribution in [0, 0.1) is 6.92 Å². The van der Waals surface area contributed by atoms with Gasteiger partial charge in [0.05, 0.1) is 20.3 Å². The molecule has 0 radical (unpaired) electrons. The molecule has 0 bridgehead atoms. The van der Waals surface area contributed by atoms with E-state index in [1.54, 1.807) is 19.1 Å². The maximum absolute atomic E-state index is 12.5. The van der Waals surface area contributed by atoms with Crippen molar-refractivity contribution in [2.75, 3.05) is 33.9 Å². The number of carbonyl (C=O) groups is 1. The number of ether oxygens (including phenoxy) is 1. The molecule has 1 aromatic rings. The zero-order valence-corrected chi connectivity index (χ0v) is 13.1. The molecular weight excluding hydrogens is 296 g/mol. The number of hydrogen-bond acceptors (Lipinski definition) is 5. The fourth-order valence-electron chi connectivity index (χ4n) is 1.69. The van der Waals surface area contributed by atoms with E-state index in [0.717, 1.165) is 9.87 Å². The van der Waals surface area contributed by atoms with E-state index in [9.17, 15) is 13.2 Å². The van der Waals surface area contributed by atoms with E-state index in [1.807, 2.05) is 0 Å². The van der Waals surface area contributed by atoms with Gasteiger partial charge in [0.25, 0.3) is 0 Å². The Morgan fingerprint density at radius 1 is 1.43 bits per heavy atom. The summed E-state index contributed by atoms with van der Waals surface area (Å²) in [6, 6.07) is 4.81. The van der Waals surface area contributed by atoms with Gasteiger partial charge in [0.2, 0.25) is 15.9 Å². The van der Waals surface area contributed by atoms with Gasteiger partial charge in [-0.15, -0.1) is 0 Å². The Morgan fingerprint density at radius 3 is 2.67 bits per heavy atom. The number of amides is 1. The third-order valence-corrected chi connectivity index (χ3v) is 4.63. The van der Waals surface area contributed by atoms with Gasteiger partial charge < -0.3 is 15.2 Å². The second-order valence-electron chi connectivity index (χ2n) is 4.49. The number of methoxy groups -OCH3 is 1. The molecule has 118 valence electrons. The number of sulfonamides is 1. The summed E-state index contributed by atoms with van der Waals surface area (Å²) in [6.45, 7) is 1.32. The number of aliphatic hydroxyl groups excluding tert-OH is 1. The second kappa shape index (κ2) is 7.39. The lowest BCUT2D eigenvalue weighted by Gasteiger charge is -2.18. The molecule has 21 heavy (non-hydrogen) atoms. The molecule has 2 N–H and O–H groups in total. The van der Waals surface area contributed by atoms with E-state index < -0.39 is 15.9 Å². The Morgan fingerprint density at radius 2 is 2.10 bits per heavy atom. The lowest BCUT2D eigenvalue weighted by atomic mass is 10.2. The van der Waals surface area contributed by atoms with Crippen LogP contribution in [0.3, 0.4) is 0 Å². The van der Waals surface area contributed by atoms with Gasteiger partial charge in [0.15, 0.2) is 0 Å². The zero-order chi connectivity index (χ0) is 16.0. The molecule has 7 nitrogen and oxygen atoms in total. The van der Waals surface area contributed by atoms with Crippen LogP contribution in [-0.2, 0) is 14.8 Å². The molecule has 0 saturated heterocycles. The highest BCUT2D eigenvalue weighted by molar-refractivity contribution is 7.89. The van der Waals surface area contributed by atoms with Gasteiger partial charge in [0.1, 0.15) is 10.6 Å². The first-order chi connectivity index (χ1) is 9.82. The van der Waals surface area contributed by atoms with E-state index in [2.05, 4.69) is 5.32 Å². The maximum atomic E-state index is 12.5. The number of rotatable bonds is 7. The number of aliphatic hydroxyl groups is 1. The molecule has 0 spiro atoms. The predicted molar refractivity (Wildman–Crippen MR) is 77.6 cm³/mol. The summed E-state index contributed by atoms with van der Waals surface area (Å²) in [4.78, 5) is 11.6. The van der Waals surface area contributed by atoms with Gasteiger partial charge >= 0.3 is 0 Å². The van der Waals surface area contributed by atoms with Crippen LogP contribution < -0.4 is 10.1 Å². The van der Waals surface area contributed by atoms with Gasteiger partial charge in [-0.2, -0.15) is 4.31 Å². The summed E-state index contributed by atoms with van der Waals surface area (Å²) in [5.74, 6) is -0.259. The topological polar surface area (TPSA) is 95.9 Å². The normalized spacial score (nSPS) is 11.5. The van der Waals surface area contributed by atoms with Crippen LogP contribution in [0.25, 0.3) is 0 Å². The van der Waals surface area contributed by atoms with Crippen LogP contribution in [0.1, 0.15) is 5.56 Å². The minimum Gasteiger partial charge on any atom is -0.495 e. The van der Waals surface area contributed by atoms with Crippen molar-refractivity contribution >= 4 is 15.9 Å². The molecule has 1 rings (SSSR count). The second-order valence-corrected chi connectivity index (χ2v) is 6.50. The van der Waals surface area contributed by atoms with Crippen molar-refractivity contribution in [1.29, 1.82) is 0 Å². The standard InChI is InChI=1S/C13H20N2O5S/c1-10-4-5-11(20-3)12(8-10)21(18,19)15(2)9-13(17)14-6-7-16/h4-5,8,16H,6-7,9H2,1-3H3,(H,14,17). The minimum atomic E-state index is -3.84. The Bertz CT molecular complexity index is 601. The molecule has 0 saturated carbocycles. The van der Waals surface area contributed by atoms with Gasteiger partial charge in [-0.3, -0.25) is 4.79 Å². The number of benzene rings is 1. The van der Waals surface area contributed by atoms with Crippen molar-refractivity contribution in [1.82, 2.24) is 9.62 Å². The van der Waals surface area contributed by atoms with E-state index in [4.69, 9.17) is 9.84 Å². The van der Waals surface area contributed by atoms with Crippen molar-refractivity contribution in [2.24, 2.45) is 0 Å². The van der Waals surface area contributed by atoms with Gasteiger partial charge in [-0.1, -0.05) is 6.07 Å². The van der Waals surface area contributed by atoms with Gasteiger partial charge in [-0.05, 0) is 24.6 Å². The van der Waals surface area contributed by atoms with E-state index >= 15 is 0 Å². The lowest BCUT2D eigenvalue weighted by Crippen LogP contribution is -2.39. The first-order valence-electron chi connectivity index (χ1n) is 6.31. The van der Waals surface area contributed by atoms with Crippen molar-refractivity contribution in [3.8, 4) is 5.75 Å². The summed E-state index contributed by atoms with van der Waals surface area (Å²) < 4.78 is 31.0. The Labute approximate surface area is 124 Å². The maximum Gasteiger partial charge on any atom is 0.246 e. The van der Waals surface area contributed by atoms with Crippen LogP contribution in [0.5, 0.6) is 5.75 Å². The van der Waals surface area contributed by atoms with Crippen LogP contribution in [0.15, 0.2) is 23.1 Å². The highest BCUT2D eigenvalue weighted by Crippen LogP contribution is 2.26. The van der Waals surface area contributed by atoms with E-state index in [0.29, 0.717) is 0 Å². The number of hydrogen-bond donors (Lipinski definition) is 2. The van der Waals surface area contributed by atoms with Crippen LogP contribution in [0.2, 0.25) is 0 Å². The SMILES string of the molecule is COc1ccc(C)cc1S(=O)(=O)N(C)CC(=O)NCCO. The van der Waals surface area contributed by atoms with Crippen molar-refractivity contribution in [3.05, 3.63) is 23.8 Å². The van der Waals surface area contributed by atoms with Crippen molar-refractivity contribution in [3.63, 3.8) is 0 Å². The summed E-state index contributed by atoms with van der Waals surface area (Å²) in [5.41, 5.74) is 0.771.